The zero-order chi connectivity index (χ0) is 62.2. The van der Waals surface area contributed by atoms with Gasteiger partial charge in [-0.15, -0.1) is 0 Å². The Bertz CT molecular complexity index is 1830. The molecule has 0 aromatic heterocycles. The molecule has 7 N–H and O–H groups in total. The highest BCUT2D eigenvalue weighted by molar-refractivity contribution is 5.85. The number of carbonyl (C=O) groups is 7. The van der Waals surface area contributed by atoms with Gasteiger partial charge in [0.25, 0.3) is 5.91 Å². The first-order valence-electron chi connectivity index (χ1n) is 31.4. The summed E-state index contributed by atoms with van der Waals surface area (Å²) >= 11 is 0. The number of carboxylic acids is 2. The summed E-state index contributed by atoms with van der Waals surface area (Å²) in [4.78, 5) is 83.8. The molecule has 0 heterocycles. The van der Waals surface area contributed by atoms with Crippen LogP contribution in [0.25, 0.3) is 0 Å². The topological polar surface area (TPSA) is 285 Å². The third kappa shape index (κ3) is 50.5. The van der Waals surface area contributed by atoms with Crippen molar-refractivity contribution in [3.8, 4) is 5.75 Å². The lowest BCUT2D eigenvalue weighted by Crippen LogP contribution is -2.51. The largest absolute Gasteiger partial charge is 0.492 e. The maximum absolute atomic E-state index is 12.6. The first kappa shape index (κ1) is 79.2. The number of Topliss-reactive ketones (excluding diaryl/α,β-unsaturated/α-hetero) is 1. The molecule has 4 amide bonds. The van der Waals surface area contributed by atoms with Crippen LogP contribution in [0.1, 0.15) is 168 Å². The zero-order valence-corrected chi connectivity index (χ0v) is 52.5. The van der Waals surface area contributed by atoms with Crippen molar-refractivity contribution in [3.05, 3.63) is 29.8 Å². The Kier molecular flexibility index (Phi) is 52.8. The van der Waals surface area contributed by atoms with Gasteiger partial charge in [0.05, 0.1) is 119 Å². The van der Waals surface area contributed by atoms with Crippen molar-refractivity contribution in [1.82, 2.24) is 26.6 Å². The number of hydrogen-bond acceptors (Lipinski definition) is 15. The lowest BCUT2D eigenvalue weighted by atomic mass is 10.0. The number of carboxylic acid groups (broad SMARTS) is 2. The van der Waals surface area contributed by atoms with Crippen LogP contribution in [-0.2, 0) is 68.4 Å². The van der Waals surface area contributed by atoms with E-state index in [2.05, 4.69) is 26.6 Å². The van der Waals surface area contributed by atoms with Crippen LogP contribution in [0.15, 0.2) is 24.3 Å². The fraction of sp³-hybridized carbons (Fsp3) is 0.790. The van der Waals surface area contributed by atoms with Gasteiger partial charge in [0, 0.05) is 38.6 Å². The van der Waals surface area contributed by atoms with Gasteiger partial charge in [-0.2, -0.15) is 0 Å². The van der Waals surface area contributed by atoms with E-state index in [1.807, 2.05) is 59.1 Å². The second-order valence-electron chi connectivity index (χ2n) is 21.2. The third-order valence-electron chi connectivity index (χ3n) is 13.5. The van der Waals surface area contributed by atoms with Gasteiger partial charge in [0.1, 0.15) is 24.2 Å². The lowest BCUT2D eigenvalue weighted by molar-refractivity contribution is -0.881. The minimum Gasteiger partial charge on any atom is -0.492 e. The molecule has 486 valence electrons. The number of nitrogens with one attached hydrogen (secondary N) is 5. The number of amides is 4. The third-order valence-corrected chi connectivity index (χ3v) is 13.5. The standard InChI is InChI=1S/C60H106N6O16.C2H6/c1-5-54(67)53(61-2)48-50-24-26-51(27-25-50)82-37-33-64-58(71)49-66(3,4)34-31-62-56(69)30-35-76-38-40-78-42-44-80-46-47-81-45-43-79-41-39-77-36-32-63-55(68)29-28-52(60(74)75)65-57(70)22-20-18-16-14-12-10-8-6-7-9-11-13-15-17-19-21-23-59(72)73;1-2/h24-27,52-53,61H,5-23,28-49H2,1-4H3,(H5-,62,63,64,65,68,69,70,71,72,73,74,75);1-2H3/p+1. The van der Waals surface area contributed by atoms with Gasteiger partial charge in [-0.1, -0.05) is 123 Å². The molecule has 1 aromatic rings. The van der Waals surface area contributed by atoms with Gasteiger partial charge in [-0.3, -0.25) is 28.8 Å². The van der Waals surface area contributed by atoms with Crippen LogP contribution < -0.4 is 31.3 Å². The predicted octanol–water partition coefficient (Wildman–Crippen LogP) is 6.57. The van der Waals surface area contributed by atoms with Crippen LogP contribution in [0.3, 0.4) is 0 Å². The van der Waals surface area contributed by atoms with Gasteiger partial charge in [0.2, 0.25) is 17.7 Å². The fourth-order valence-electron chi connectivity index (χ4n) is 8.60. The summed E-state index contributed by atoms with van der Waals surface area (Å²) in [5, 5.41) is 32.4. The summed E-state index contributed by atoms with van der Waals surface area (Å²) < 4.78 is 39.2. The molecule has 2 unspecified atom stereocenters. The molecular weight excluding hydrogens is 1080 g/mol. The summed E-state index contributed by atoms with van der Waals surface area (Å²) in [6, 6.07) is 6.29. The van der Waals surface area contributed by atoms with Crippen molar-refractivity contribution >= 4 is 41.4 Å². The molecule has 1 aromatic carbocycles. The van der Waals surface area contributed by atoms with Gasteiger partial charge in [0.15, 0.2) is 6.54 Å². The summed E-state index contributed by atoms with van der Waals surface area (Å²) in [6.45, 7) is 12.4. The summed E-state index contributed by atoms with van der Waals surface area (Å²) in [6.07, 6.45) is 19.7. The van der Waals surface area contributed by atoms with E-state index >= 15 is 0 Å². The van der Waals surface area contributed by atoms with Crippen molar-refractivity contribution in [2.75, 3.05) is 140 Å². The first-order valence-corrected chi connectivity index (χ1v) is 31.4. The zero-order valence-electron chi connectivity index (χ0n) is 52.5. The van der Waals surface area contributed by atoms with Crippen LogP contribution >= 0.6 is 0 Å². The number of benzene rings is 1. The van der Waals surface area contributed by atoms with Crippen molar-refractivity contribution in [2.45, 2.75) is 181 Å². The van der Waals surface area contributed by atoms with Gasteiger partial charge in [-0.25, -0.2) is 4.79 Å². The normalized spacial score (nSPS) is 11.9. The quantitative estimate of drug-likeness (QED) is 0.0268. The van der Waals surface area contributed by atoms with E-state index in [0.717, 1.165) is 44.1 Å². The van der Waals surface area contributed by atoms with E-state index in [0.29, 0.717) is 122 Å². The van der Waals surface area contributed by atoms with E-state index < -0.39 is 18.0 Å². The van der Waals surface area contributed by atoms with Gasteiger partial charge < -0.3 is 74.4 Å². The van der Waals surface area contributed by atoms with Crippen LogP contribution in [-0.4, -0.2) is 208 Å². The molecule has 0 saturated heterocycles. The van der Waals surface area contributed by atoms with E-state index in [9.17, 15) is 38.7 Å². The van der Waals surface area contributed by atoms with Crippen LogP contribution in [0.2, 0.25) is 0 Å². The minimum absolute atomic E-state index is 0.000833. The molecule has 22 heteroatoms. The van der Waals surface area contributed by atoms with Crippen LogP contribution in [0.5, 0.6) is 5.75 Å². The Morgan fingerprint density at radius 2 is 0.893 bits per heavy atom. The average Bonchev–Trinajstić information content (AvgIpc) is 3.49. The number of carbonyl (C=O) groups excluding carboxylic acids is 5. The summed E-state index contributed by atoms with van der Waals surface area (Å²) in [5.74, 6) is -1.86. The summed E-state index contributed by atoms with van der Waals surface area (Å²) in [5.41, 5.74) is 1.04. The summed E-state index contributed by atoms with van der Waals surface area (Å²) in [7, 11) is 5.65. The molecule has 0 aliphatic carbocycles. The highest BCUT2D eigenvalue weighted by atomic mass is 16.6. The van der Waals surface area contributed by atoms with Crippen molar-refractivity contribution in [1.29, 1.82) is 0 Å². The number of ether oxygens (including phenoxy) is 7. The molecular formula is C62H113N6O16+. The first-order chi connectivity index (χ1) is 40.6. The fourth-order valence-corrected chi connectivity index (χ4v) is 8.60. The minimum atomic E-state index is -1.16. The SMILES string of the molecule is CC.CCC(=O)C(Cc1ccc(OCCNC(=O)C[N+](C)(C)CCNC(=O)CCOCCOCCOCCOCCOCCOCCNC(=O)CCC(NC(=O)CCCCCCCCCCCCCCCCCCC(=O)O)C(=O)O)cc1)NC. The van der Waals surface area contributed by atoms with Crippen LogP contribution in [0, 0.1) is 0 Å². The number of ketones is 1. The maximum atomic E-state index is 12.6. The molecule has 0 aliphatic rings. The maximum Gasteiger partial charge on any atom is 0.326 e. The van der Waals surface area contributed by atoms with E-state index in [-0.39, 0.29) is 93.9 Å². The highest BCUT2D eigenvalue weighted by Gasteiger charge is 2.22. The monoisotopic (exact) mass is 1200 g/mol. The van der Waals surface area contributed by atoms with Crippen molar-refractivity contribution in [3.63, 3.8) is 0 Å². The Labute approximate surface area is 503 Å². The smallest absolute Gasteiger partial charge is 0.326 e. The number of hydrogen-bond donors (Lipinski definition) is 7. The van der Waals surface area contributed by atoms with E-state index in [4.69, 9.17) is 38.3 Å². The van der Waals surface area contributed by atoms with Crippen LogP contribution in [0.4, 0.5) is 0 Å². The second-order valence-corrected chi connectivity index (χ2v) is 21.2. The van der Waals surface area contributed by atoms with Gasteiger partial charge in [-0.05, 0) is 50.4 Å². The Balaban J connectivity index is 0.0000340. The Morgan fingerprint density at radius 3 is 1.36 bits per heavy atom. The predicted molar refractivity (Wildman–Crippen MR) is 325 cm³/mol. The average molecular weight is 1200 g/mol. The molecule has 1 rings (SSSR count). The number of rotatable bonds is 59. The molecule has 0 bridgehead atoms. The number of aliphatic carboxylic acids is 2. The lowest BCUT2D eigenvalue weighted by Gasteiger charge is -2.29. The van der Waals surface area contributed by atoms with E-state index in [1.54, 1.807) is 7.05 Å². The van der Waals surface area contributed by atoms with Gasteiger partial charge >= 0.3 is 11.9 Å². The second kappa shape index (κ2) is 56.0. The van der Waals surface area contributed by atoms with E-state index in [1.165, 1.54) is 57.8 Å². The Morgan fingerprint density at radius 1 is 0.476 bits per heavy atom. The number of likely N-dealkylation sites (N-methyl/N-ethyl adjacent to an activating group) is 2. The molecule has 0 radical (unpaired) electrons. The number of quaternary nitrogens is 1. The number of unbranched alkanes of at least 4 members (excludes halogenated alkanes) is 15. The molecule has 2 atom stereocenters. The molecule has 0 saturated carbocycles. The molecule has 0 spiro atoms. The highest BCUT2D eigenvalue weighted by Crippen LogP contribution is 2.16. The molecule has 84 heavy (non-hydrogen) atoms. The Hall–Kier alpha value is -4.81. The molecule has 0 fully saturated rings. The molecule has 0 aliphatic heterocycles. The van der Waals surface area contributed by atoms with Crippen molar-refractivity contribution in [2.24, 2.45) is 0 Å². The van der Waals surface area contributed by atoms with Crippen molar-refractivity contribution < 1.29 is 81.4 Å². The number of nitrogens with zero attached hydrogens (tertiary/aromatic N) is 1. The molecule has 22 nitrogen and oxygen atoms in total.